The van der Waals surface area contributed by atoms with Crippen LogP contribution in [0.5, 0.6) is 11.6 Å². The Morgan fingerprint density at radius 1 is 1.10 bits per heavy atom. The molecule has 3 rings (SSSR count). The predicted molar refractivity (Wildman–Crippen MR) is 119 cm³/mol. The van der Waals surface area contributed by atoms with Crippen LogP contribution >= 0.6 is 34.8 Å². The maximum Gasteiger partial charge on any atom is 0.242 e. The number of ether oxygens (including phenoxy) is 2. The van der Waals surface area contributed by atoms with Gasteiger partial charge in [-0.25, -0.2) is 0 Å². The van der Waals surface area contributed by atoms with Crippen LogP contribution in [0.4, 0.5) is 4.39 Å². The van der Waals surface area contributed by atoms with Gasteiger partial charge in [0.2, 0.25) is 11.8 Å². The predicted octanol–water partition coefficient (Wildman–Crippen LogP) is 6.96. The molecule has 1 N–H and O–H groups in total. The molecule has 2 aromatic rings. The van der Waals surface area contributed by atoms with Gasteiger partial charge in [0.25, 0.3) is 0 Å². The molecule has 31 heavy (non-hydrogen) atoms. The highest BCUT2D eigenvalue weighted by Gasteiger charge is 2.47. The first-order chi connectivity index (χ1) is 14.3. The Bertz CT molecular complexity index is 1110. The van der Waals surface area contributed by atoms with Crippen molar-refractivity contribution in [2.75, 3.05) is 0 Å². The Morgan fingerprint density at radius 3 is 2.35 bits per heavy atom. The maximum atomic E-state index is 13.9. The van der Waals surface area contributed by atoms with E-state index < -0.39 is 22.2 Å². The highest BCUT2D eigenvalue weighted by molar-refractivity contribution is 6.48. The van der Waals surface area contributed by atoms with E-state index in [9.17, 15) is 14.3 Å². The van der Waals surface area contributed by atoms with Gasteiger partial charge in [0.15, 0.2) is 5.78 Å². The highest BCUT2D eigenvalue weighted by Crippen LogP contribution is 2.43. The third kappa shape index (κ3) is 4.27. The highest BCUT2D eigenvalue weighted by atomic mass is 35.5. The molecule has 1 aromatic heterocycles. The molecule has 0 bridgehead atoms. The average molecular weight is 489 g/mol. The number of pyridine rings is 1. The summed E-state index contributed by atoms with van der Waals surface area (Å²) < 4.78 is 25.4. The molecule has 1 aliphatic rings. The minimum absolute atomic E-state index is 0.142. The van der Waals surface area contributed by atoms with Gasteiger partial charge in [0.1, 0.15) is 32.8 Å². The number of hydrogen-bond donors (Lipinski definition) is 1. The summed E-state index contributed by atoms with van der Waals surface area (Å²) in [5, 5.41) is 10.1. The molecule has 1 aliphatic heterocycles. The van der Waals surface area contributed by atoms with Crippen LogP contribution < -0.4 is 4.74 Å². The van der Waals surface area contributed by atoms with Crippen molar-refractivity contribution in [2.45, 2.75) is 52.2 Å². The molecule has 0 saturated heterocycles. The number of aliphatic hydroxyl groups is 1. The number of halogens is 4. The van der Waals surface area contributed by atoms with E-state index in [2.05, 4.69) is 4.98 Å². The lowest BCUT2D eigenvalue weighted by Gasteiger charge is -2.40. The van der Waals surface area contributed by atoms with E-state index in [1.807, 2.05) is 6.92 Å². The number of aryl methyl sites for hydroxylation is 1. The van der Waals surface area contributed by atoms with Crippen molar-refractivity contribution in [1.82, 2.24) is 4.98 Å². The topological polar surface area (TPSA) is 68.7 Å². The first-order valence-corrected chi connectivity index (χ1v) is 10.6. The normalized spacial score (nSPS) is 17.8. The lowest BCUT2D eigenvalue weighted by atomic mass is 9.81. The van der Waals surface area contributed by atoms with Gasteiger partial charge in [-0.15, -0.1) is 0 Å². The zero-order valence-electron chi connectivity index (χ0n) is 17.6. The number of hydrogen-bond acceptors (Lipinski definition) is 5. The summed E-state index contributed by atoms with van der Waals surface area (Å²) in [5.41, 5.74) is -0.807. The monoisotopic (exact) mass is 487 g/mol. The second kappa shape index (κ2) is 8.24. The fourth-order valence-electron chi connectivity index (χ4n) is 3.50. The van der Waals surface area contributed by atoms with E-state index in [0.29, 0.717) is 12.0 Å². The summed E-state index contributed by atoms with van der Waals surface area (Å²) in [7, 11) is 0. The van der Waals surface area contributed by atoms with Crippen LogP contribution in [0.1, 0.15) is 45.7 Å². The second-order valence-corrected chi connectivity index (χ2v) is 9.23. The molecule has 0 fully saturated rings. The molecule has 0 saturated carbocycles. The molecule has 166 valence electrons. The summed E-state index contributed by atoms with van der Waals surface area (Å²) in [4.78, 5) is 16.8. The van der Waals surface area contributed by atoms with Crippen molar-refractivity contribution in [3.05, 3.63) is 56.1 Å². The Hall–Kier alpha value is -1.86. The van der Waals surface area contributed by atoms with Crippen molar-refractivity contribution < 1.29 is 23.8 Å². The van der Waals surface area contributed by atoms with E-state index in [1.165, 1.54) is 0 Å². The standard InChI is InChI=1S/C22H21Cl3FNO4/c1-6-10-7-8-11(30-20-16(25)14(23)15(24)19(26)27-20)9-12(10)13-17(28)21(2,3)31-22(4,5)18(13)29/h7-9,28H,6H2,1-5H3. The lowest BCUT2D eigenvalue weighted by Crippen LogP contribution is -2.49. The van der Waals surface area contributed by atoms with Crippen molar-refractivity contribution >= 4 is 46.2 Å². The van der Waals surface area contributed by atoms with E-state index in [-0.39, 0.29) is 38.8 Å². The van der Waals surface area contributed by atoms with Gasteiger partial charge in [-0.1, -0.05) is 47.8 Å². The molecule has 0 amide bonds. The van der Waals surface area contributed by atoms with Gasteiger partial charge in [-0.2, -0.15) is 9.37 Å². The lowest BCUT2D eigenvalue weighted by molar-refractivity contribution is -0.158. The molecular weight excluding hydrogens is 468 g/mol. The van der Waals surface area contributed by atoms with Gasteiger partial charge < -0.3 is 14.6 Å². The van der Waals surface area contributed by atoms with Crippen molar-refractivity contribution in [2.24, 2.45) is 0 Å². The van der Waals surface area contributed by atoms with Crippen molar-refractivity contribution in [1.29, 1.82) is 0 Å². The summed E-state index contributed by atoms with van der Waals surface area (Å²) >= 11 is 17.7. The number of carbonyl (C=O) groups is 1. The maximum absolute atomic E-state index is 13.9. The minimum atomic E-state index is -1.15. The number of carbonyl (C=O) groups excluding carboxylic acids is 1. The van der Waals surface area contributed by atoms with Gasteiger partial charge in [-0.05, 0) is 57.4 Å². The minimum Gasteiger partial charge on any atom is -0.508 e. The summed E-state index contributed by atoms with van der Waals surface area (Å²) in [6, 6.07) is 4.94. The molecule has 0 aliphatic carbocycles. The van der Waals surface area contributed by atoms with Crippen LogP contribution in [0, 0.1) is 5.95 Å². The Labute approximate surface area is 194 Å². The summed E-state index contributed by atoms with van der Waals surface area (Å²) in [6.45, 7) is 8.59. The molecule has 1 aromatic carbocycles. The number of aliphatic hydroxyl groups excluding tert-OH is 1. The van der Waals surface area contributed by atoms with Crippen LogP contribution in [0.3, 0.4) is 0 Å². The van der Waals surface area contributed by atoms with Crippen molar-refractivity contribution in [3.8, 4) is 11.6 Å². The van der Waals surface area contributed by atoms with Gasteiger partial charge >= 0.3 is 0 Å². The number of benzene rings is 1. The second-order valence-electron chi connectivity index (χ2n) is 8.10. The first-order valence-electron chi connectivity index (χ1n) is 9.50. The molecule has 5 nitrogen and oxygen atoms in total. The third-order valence-electron chi connectivity index (χ3n) is 4.99. The fourth-order valence-corrected chi connectivity index (χ4v) is 4.02. The molecule has 0 radical (unpaired) electrons. The Morgan fingerprint density at radius 2 is 1.74 bits per heavy atom. The molecular formula is C22H21Cl3FNO4. The van der Waals surface area contributed by atoms with Crippen LogP contribution in [0.25, 0.3) is 5.57 Å². The molecule has 0 spiro atoms. The molecule has 2 heterocycles. The van der Waals surface area contributed by atoms with E-state index in [1.54, 1.807) is 45.9 Å². The number of nitrogens with zero attached hydrogens (tertiary/aromatic N) is 1. The number of aromatic nitrogens is 1. The first kappa shape index (κ1) is 23.8. The van der Waals surface area contributed by atoms with Crippen molar-refractivity contribution in [3.63, 3.8) is 0 Å². The van der Waals surface area contributed by atoms with Gasteiger partial charge in [0, 0.05) is 0 Å². The summed E-state index contributed by atoms with van der Waals surface area (Å²) in [5.74, 6) is -1.64. The average Bonchev–Trinajstić information content (AvgIpc) is 2.69. The largest absolute Gasteiger partial charge is 0.508 e. The van der Waals surface area contributed by atoms with Gasteiger partial charge in [-0.3, -0.25) is 4.79 Å². The smallest absolute Gasteiger partial charge is 0.242 e. The molecule has 0 atom stereocenters. The fraction of sp³-hybridized carbons (Fsp3) is 0.364. The quantitative estimate of drug-likeness (QED) is 0.471. The Balaban J connectivity index is 2.16. The Kier molecular flexibility index (Phi) is 6.33. The number of Topliss-reactive ketones (excluding diaryl/α,β-unsaturated/α-hetero) is 1. The van der Waals surface area contributed by atoms with Crippen LogP contribution in [-0.4, -0.2) is 27.1 Å². The van der Waals surface area contributed by atoms with Crippen LogP contribution in [-0.2, 0) is 16.0 Å². The zero-order chi connectivity index (χ0) is 23.3. The number of rotatable bonds is 4. The third-order valence-corrected chi connectivity index (χ3v) is 6.26. The molecule has 9 heteroatoms. The summed E-state index contributed by atoms with van der Waals surface area (Å²) in [6.07, 6.45) is 0.585. The number of ketones is 1. The van der Waals surface area contributed by atoms with E-state index in [4.69, 9.17) is 44.3 Å². The van der Waals surface area contributed by atoms with Crippen LogP contribution in [0.2, 0.25) is 15.1 Å². The molecule has 0 unspecified atom stereocenters. The van der Waals surface area contributed by atoms with E-state index in [0.717, 1.165) is 5.56 Å². The van der Waals surface area contributed by atoms with Gasteiger partial charge in [0.05, 0.1) is 10.6 Å². The SMILES string of the molecule is CCc1ccc(Oc2nc(F)c(Cl)c(Cl)c2Cl)cc1C1=C(O)C(C)(C)OC(C)(C)C1=O. The van der Waals surface area contributed by atoms with Crippen LogP contribution in [0.15, 0.2) is 24.0 Å². The zero-order valence-corrected chi connectivity index (χ0v) is 19.8. The van der Waals surface area contributed by atoms with E-state index >= 15 is 0 Å².